The molecule has 7 nitrogen and oxygen atoms in total. The van der Waals surface area contributed by atoms with Crippen LogP contribution in [0.4, 0.5) is 0 Å². The third-order valence-electron chi connectivity index (χ3n) is 6.27. The average molecular weight is 477 g/mol. The number of hydrogen-bond donors (Lipinski definition) is 0. The molecule has 2 atom stereocenters. The van der Waals surface area contributed by atoms with Gasteiger partial charge in [0.25, 0.3) is 5.91 Å². The van der Waals surface area contributed by atoms with E-state index in [1.165, 1.54) is 11.3 Å². The third-order valence-corrected chi connectivity index (χ3v) is 7.42. The summed E-state index contributed by atoms with van der Waals surface area (Å²) < 4.78 is 6.29. The fourth-order valence-corrected chi connectivity index (χ4v) is 5.27. The molecule has 4 rings (SSSR count). The fraction of sp³-hybridized carbons (Fsp3) is 0.522. The Morgan fingerprint density at radius 1 is 1.19 bits per heavy atom. The molecule has 2 amide bonds. The Balaban J connectivity index is 1.48. The highest BCUT2D eigenvalue weighted by molar-refractivity contribution is 7.11. The number of thiazole rings is 1. The topological polar surface area (TPSA) is 66.0 Å². The van der Waals surface area contributed by atoms with Crippen molar-refractivity contribution in [3.05, 3.63) is 45.4 Å². The molecule has 2 fully saturated rings. The zero-order valence-electron chi connectivity index (χ0n) is 18.5. The van der Waals surface area contributed by atoms with Crippen LogP contribution in [0.5, 0.6) is 5.75 Å². The Hall–Kier alpha value is -2.16. The number of rotatable bonds is 5. The van der Waals surface area contributed by atoms with Gasteiger partial charge in [-0.1, -0.05) is 17.7 Å². The van der Waals surface area contributed by atoms with Gasteiger partial charge in [-0.25, -0.2) is 4.98 Å². The van der Waals surface area contributed by atoms with E-state index in [-0.39, 0.29) is 23.8 Å². The van der Waals surface area contributed by atoms with E-state index in [2.05, 4.69) is 16.9 Å². The monoisotopic (exact) mass is 476 g/mol. The third kappa shape index (κ3) is 5.42. The van der Waals surface area contributed by atoms with Gasteiger partial charge in [0.05, 0.1) is 11.2 Å². The second kappa shape index (κ2) is 10.2. The molecule has 2 aliphatic heterocycles. The van der Waals surface area contributed by atoms with Gasteiger partial charge in [0.15, 0.2) is 0 Å². The molecule has 0 bridgehead atoms. The van der Waals surface area contributed by atoms with Gasteiger partial charge in [-0.15, -0.1) is 11.3 Å². The van der Waals surface area contributed by atoms with Crippen LogP contribution in [0, 0.1) is 12.8 Å². The van der Waals surface area contributed by atoms with Gasteiger partial charge in [-0.2, -0.15) is 0 Å². The van der Waals surface area contributed by atoms with Crippen LogP contribution in [0.15, 0.2) is 29.8 Å². The highest BCUT2D eigenvalue weighted by atomic mass is 35.5. The highest BCUT2D eigenvalue weighted by Gasteiger charge is 2.36. The van der Waals surface area contributed by atoms with Crippen molar-refractivity contribution in [1.29, 1.82) is 0 Å². The first kappa shape index (κ1) is 23.0. The molecule has 0 unspecified atom stereocenters. The Bertz CT molecular complexity index is 960. The van der Waals surface area contributed by atoms with Gasteiger partial charge >= 0.3 is 0 Å². The Labute approximate surface area is 197 Å². The molecule has 32 heavy (non-hydrogen) atoms. The summed E-state index contributed by atoms with van der Waals surface area (Å²) in [6.07, 6.45) is 0.869. The highest BCUT2D eigenvalue weighted by Crippen LogP contribution is 2.29. The van der Waals surface area contributed by atoms with E-state index in [0.29, 0.717) is 41.6 Å². The Kier molecular flexibility index (Phi) is 7.33. The van der Waals surface area contributed by atoms with Crippen molar-refractivity contribution >= 4 is 34.8 Å². The van der Waals surface area contributed by atoms with Crippen molar-refractivity contribution in [3.8, 4) is 5.75 Å². The first-order valence-electron chi connectivity index (χ1n) is 11.0. The normalized spacial score (nSPS) is 22.1. The van der Waals surface area contributed by atoms with Gasteiger partial charge in [0.1, 0.15) is 16.7 Å². The maximum absolute atomic E-state index is 13.1. The maximum atomic E-state index is 13.1. The first-order chi connectivity index (χ1) is 15.4. The second-order valence-electron chi connectivity index (χ2n) is 8.57. The second-order valence-corrected chi connectivity index (χ2v) is 9.86. The fourth-order valence-electron chi connectivity index (χ4n) is 4.32. The maximum Gasteiger partial charge on any atom is 0.265 e. The lowest BCUT2D eigenvalue weighted by atomic mass is 9.90. The smallest absolute Gasteiger partial charge is 0.265 e. The van der Waals surface area contributed by atoms with Crippen LogP contribution >= 0.6 is 22.9 Å². The van der Waals surface area contributed by atoms with Crippen LogP contribution in [-0.2, 0) is 4.79 Å². The molecule has 0 aliphatic carbocycles. The van der Waals surface area contributed by atoms with Crippen LogP contribution < -0.4 is 4.74 Å². The average Bonchev–Trinajstić information content (AvgIpc) is 3.20. The molecule has 0 radical (unpaired) electrons. The number of nitrogens with zero attached hydrogens (tertiary/aromatic N) is 4. The molecule has 2 aromatic rings. The molecular weight excluding hydrogens is 448 g/mol. The van der Waals surface area contributed by atoms with Gasteiger partial charge in [-0.3, -0.25) is 9.59 Å². The summed E-state index contributed by atoms with van der Waals surface area (Å²) in [5.74, 6) is 0.721. The van der Waals surface area contributed by atoms with E-state index in [9.17, 15) is 9.59 Å². The number of piperazine rings is 1. The number of carbonyl (C=O) groups excluding carboxylic acids is 2. The van der Waals surface area contributed by atoms with Gasteiger partial charge < -0.3 is 19.4 Å². The number of likely N-dealkylation sites (tertiary alicyclic amines) is 1. The molecule has 172 valence electrons. The molecule has 1 aromatic heterocycles. The summed E-state index contributed by atoms with van der Waals surface area (Å²) in [4.78, 5) is 37.1. The minimum absolute atomic E-state index is 0.0109. The van der Waals surface area contributed by atoms with Crippen molar-refractivity contribution in [2.75, 3.05) is 46.3 Å². The van der Waals surface area contributed by atoms with E-state index >= 15 is 0 Å². The minimum Gasteiger partial charge on any atom is -0.490 e. The molecule has 0 saturated carbocycles. The van der Waals surface area contributed by atoms with E-state index in [4.69, 9.17) is 16.3 Å². The van der Waals surface area contributed by atoms with Crippen molar-refractivity contribution in [2.45, 2.75) is 25.9 Å². The van der Waals surface area contributed by atoms with Gasteiger partial charge in [-0.05, 0) is 32.2 Å². The summed E-state index contributed by atoms with van der Waals surface area (Å²) in [7, 11) is 2.07. The first-order valence-corrected chi connectivity index (χ1v) is 12.2. The molecule has 2 aliphatic rings. The zero-order valence-corrected chi connectivity index (χ0v) is 20.1. The number of benzene rings is 1. The predicted octanol–water partition coefficient (Wildman–Crippen LogP) is 3.18. The summed E-state index contributed by atoms with van der Waals surface area (Å²) in [6, 6.07) is 7.33. The van der Waals surface area contributed by atoms with E-state index < -0.39 is 0 Å². The predicted molar refractivity (Wildman–Crippen MR) is 125 cm³/mol. The van der Waals surface area contributed by atoms with Gasteiger partial charge in [0, 0.05) is 63.1 Å². The Morgan fingerprint density at radius 2 is 1.97 bits per heavy atom. The molecule has 3 heterocycles. The number of piperidine rings is 1. The largest absolute Gasteiger partial charge is 0.490 e. The summed E-state index contributed by atoms with van der Waals surface area (Å²) >= 11 is 7.50. The van der Waals surface area contributed by atoms with Crippen molar-refractivity contribution in [3.63, 3.8) is 0 Å². The molecule has 9 heteroatoms. The quantitative estimate of drug-likeness (QED) is 0.663. The summed E-state index contributed by atoms with van der Waals surface area (Å²) in [6.45, 7) is 6.17. The lowest BCUT2D eigenvalue weighted by molar-refractivity contribution is -0.135. The SMILES string of the molecule is Cc1ncsc1C(=O)N1CC[C@H](Oc2cccc(Cl)c2)[C@@H](CC(=O)N2CCN(C)CC2)C1. The Morgan fingerprint density at radius 3 is 2.66 bits per heavy atom. The van der Waals surface area contributed by atoms with Crippen LogP contribution in [0.1, 0.15) is 28.2 Å². The van der Waals surface area contributed by atoms with Crippen LogP contribution in [0.25, 0.3) is 0 Å². The number of aryl methyl sites for hydroxylation is 1. The van der Waals surface area contributed by atoms with Gasteiger partial charge in [0.2, 0.25) is 5.91 Å². The number of halogens is 1. The lowest BCUT2D eigenvalue weighted by Gasteiger charge is -2.39. The zero-order chi connectivity index (χ0) is 22.7. The molecule has 0 N–H and O–H groups in total. The van der Waals surface area contributed by atoms with Crippen molar-refractivity contribution in [2.24, 2.45) is 5.92 Å². The van der Waals surface area contributed by atoms with Crippen molar-refractivity contribution in [1.82, 2.24) is 19.7 Å². The number of ether oxygens (including phenoxy) is 1. The number of hydrogen-bond acceptors (Lipinski definition) is 6. The lowest BCUT2D eigenvalue weighted by Crippen LogP contribution is -2.51. The van der Waals surface area contributed by atoms with E-state index in [0.717, 1.165) is 31.9 Å². The number of aromatic nitrogens is 1. The standard InChI is InChI=1S/C23H29ClN4O3S/c1-16-22(32-15-25-16)23(30)28-7-6-20(31-19-5-3-4-18(24)13-19)17(14-28)12-21(29)27-10-8-26(2)9-11-27/h3-5,13,15,17,20H,6-12,14H2,1-2H3/t17-,20-/m0/s1. The minimum atomic E-state index is -0.156. The molecule has 0 spiro atoms. The van der Waals surface area contributed by atoms with Crippen LogP contribution in [0.2, 0.25) is 5.02 Å². The summed E-state index contributed by atoms with van der Waals surface area (Å²) in [5, 5.41) is 0.612. The molecular formula is C23H29ClN4O3S. The molecule has 2 saturated heterocycles. The molecule has 1 aromatic carbocycles. The van der Waals surface area contributed by atoms with Crippen LogP contribution in [-0.4, -0.2) is 83.9 Å². The number of amides is 2. The van der Waals surface area contributed by atoms with Crippen LogP contribution in [0.3, 0.4) is 0 Å². The number of carbonyl (C=O) groups is 2. The summed E-state index contributed by atoms with van der Waals surface area (Å²) in [5.41, 5.74) is 2.45. The van der Waals surface area contributed by atoms with E-state index in [1.807, 2.05) is 34.9 Å². The number of likely N-dealkylation sites (N-methyl/N-ethyl adjacent to an activating group) is 1. The van der Waals surface area contributed by atoms with Crippen molar-refractivity contribution < 1.29 is 14.3 Å². The van der Waals surface area contributed by atoms with E-state index in [1.54, 1.807) is 11.6 Å².